The first-order valence-corrected chi connectivity index (χ1v) is 9.52. The Morgan fingerprint density at radius 2 is 1.81 bits per heavy atom. The van der Waals surface area contributed by atoms with Crippen LogP contribution in [0.5, 0.6) is 0 Å². The minimum absolute atomic E-state index is 0.0161. The van der Waals surface area contributed by atoms with Crippen LogP contribution in [-0.4, -0.2) is 47.0 Å². The van der Waals surface area contributed by atoms with Crippen LogP contribution in [0.3, 0.4) is 0 Å². The first kappa shape index (κ1) is 20.3. The van der Waals surface area contributed by atoms with Gasteiger partial charge in [0.25, 0.3) is 0 Å². The molecule has 0 atom stereocenters. The molecule has 0 N–H and O–H groups in total. The lowest BCUT2D eigenvalue weighted by Gasteiger charge is -2.35. The Balaban J connectivity index is 1.92. The van der Waals surface area contributed by atoms with Crippen LogP contribution in [0, 0.1) is 12.8 Å². The summed E-state index contributed by atoms with van der Waals surface area (Å²) in [5.41, 5.74) is 1.91. The van der Waals surface area contributed by atoms with E-state index < -0.39 is 5.60 Å². The maximum absolute atomic E-state index is 12.9. The quantitative estimate of drug-likeness (QED) is 0.816. The van der Waals surface area contributed by atoms with Crippen LogP contribution in [0.1, 0.15) is 51.7 Å². The molecular formula is C21H32N2O3. The van der Waals surface area contributed by atoms with Crippen molar-refractivity contribution in [2.75, 3.05) is 19.6 Å². The molecule has 0 saturated carbocycles. The fraction of sp³-hybridized carbons (Fsp3) is 0.619. The number of likely N-dealkylation sites (tertiary alicyclic amines) is 1. The predicted molar refractivity (Wildman–Crippen MR) is 103 cm³/mol. The molecule has 1 aromatic carbocycles. The number of nitrogens with zero attached hydrogens (tertiary/aromatic N) is 2. The molecule has 5 heteroatoms. The second-order valence-electron chi connectivity index (χ2n) is 8.02. The lowest BCUT2D eigenvalue weighted by atomic mass is 9.95. The molecule has 2 rings (SSSR count). The summed E-state index contributed by atoms with van der Waals surface area (Å²) >= 11 is 0. The largest absolute Gasteiger partial charge is 0.444 e. The summed E-state index contributed by atoms with van der Waals surface area (Å²) in [6, 6.07) is 8.19. The molecule has 0 unspecified atom stereocenters. The summed E-state index contributed by atoms with van der Waals surface area (Å²) < 4.78 is 5.43. The van der Waals surface area contributed by atoms with Crippen molar-refractivity contribution in [3.63, 3.8) is 0 Å². The van der Waals surface area contributed by atoms with Gasteiger partial charge in [-0.1, -0.05) is 24.3 Å². The lowest BCUT2D eigenvalue weighted by Crippen LogP contribution is -2.45. The number of amides is 2. The smallest absolute Gasteiger partial charge is 0.410 e. The molecule has 26 heavy (non-hydrogen) atoms. The molecule has 1 fully saturated rings. The molecule has 0 radical (unpaired) electrons. The van der Waals surface area contributed by atoms with Crippen LogP contribution in [0.4, 0.5) is 4.79 Å². The Kier molecular flexibility index (Phi) is 6.68. The maximum atomic E-state index is 12.9. The van der Waals surface area contributed by atoms with E-state index >= 15 is 0 Å². The Labute approximate surface area is 157 Å². The zero-order chi connectivity index (χ0) is 19.3. The minimum atomic E-state index is -0.490. The number of piperidine rings is 1. The first-order valence-electron chi connectivity index (χ1n) is 9.52. The van der Waals surface area contributed by atoms with Gasteiger partial charge in [0.15, 0.2) is 0 Å². The molecule has 5 nitrogen and oxygen atoms in total. The van der Waals surface area contributed by atoms with E-state index in [-0.39, 0.29) is 17.9 Å². The summed E-state index contributed by atoms with van der Waals surface area (Å²) in [5, 5.41) is 0. The van der Waals surface area contributed by atoms with Gasteiger partial charge >= 0.3 is 6.09 Å². The Hall–Kier alpha value is -2.04. The zero-order valence-corrected chi connectivity index (χ0v) is 16.7. The van der Waals surface area contributed by atoms with Crippen LogP contribution in [0.2, 0.25) is 0 Å². The Morgan fingerprint density at radius 3 is 2.35 bits per heavy atom. The lowest BCUT2D eigenvalue weighted by molar-refractivity contribution is -0.137. The minimum Gasteiger partial charge on any atom is -0.444 e. The number of hydrogen-bond acceptors (Lipinski definition) is 3. The molecule has 1 heterocycles. The molecule has 0 aliphatic carbocycles. The van der Waals surface area contributed by atoms with E-state index in [2.05, 4.69) is 19.1 Å². The van der Waals surface area contributed by atoms with E-state index in [1.165, 1.54) is 11.1 Å². The second-order valence-corrected chi connectivity index (χ2v) is 8.02. The van der Waals surface area contributed by atoms with Gasteiger partial charge in [0.05, 0.1) is 0 Å². The second kappa shape index (κ2) is 8.56. The van der Waals surface area contributed by atoms with Gasteiger partial charge in [0.2, 0.25) is 5.91 Å². The summed E-state index contributed by atoms with van der Waals surface area (Å²) in [7, 11) is 0. The van der Waals surface area contributed by atoms with Crippen LogP contribution in [0.15, 0.2) is 24.3 Å². The van der Waals surface area contributed by atoms with Crippen molar-refractivity contribution >= 4 is 12.0 Å². The van der Waals surface area contributed by atoms with Crippen LogP contribution < -0.4 is 0 Å². The maximum Gasteiger partial charge on any atom is 0.410 e. The van der Waals surface area contributed by atoms with Gasteiger partial charge in [0, 0.05) is 32.1 Å². The fourth-order valence-electron chi connectivity index (χ4n) is 3.23. The number of rotatable bonds is 4. The van der Waals surface area contributed by atoms with E-state index in [4.69, 9.17) is 4.74 Å². The number of aryl methyl sites for hydroxylation is 1. The van der Waals surface area contributed by atoms with Crippen molar-refractivity contribution in [3.8, 4) is 0 Å². The molecular weight excluding hydrogens is 328 g/mol. The Morgan fingerprint density at radius 1 is 1.19 bits per heavy atom. The van der Waals surface area contributed by atoms with Crippen molar-refractivity contribution < 1.29 is 14.3 Å². The molecule has 144 valence electrons. The van der Waals surface area contributed by atoms with Gasteiger partial charge in [-0.05, 0) is 58.6 Å². The van der Waals surface area contributed by atoms with Crippen LogP contribution in [0.25, 0.3) is 0 Å². The molecule has 1 saturated heterocycles. The van der Waals surface area contributed by atoms with Gasteiger partial charge in [-0.2, -0.15) is 0 Å². The SMILES string of the molecule is CCN(Cc1ccccc1C)C(=O)C1CCN(C(=O)OC(C)(C)C)CC1. The summed E-state index contributed by atoms with van der Waals surface area (Å²) in [5.74, 6) is 0.178. The van der Waals surface area contributed by atoms with Gasteiger partial charge in [-0.3, -0.25) is 4.79 Å². The standard InChI is InChI=1S/C21H32N2O3/c1-6-22(15-18-10-8-7-9-16(18)2)19(24)17-11-13-23(14-12-17)20(25)26-21(3,4)5/h7-10,17H,6,11-15H2,1-5H3. The van der Waals surface area contributed by atoms with Crippen molar-refractivity contribution in [2.45, 2.75) is 59.6 Å². The third-order valence-corrected chi connectivity index (χ3v) is 4.81. The van der Waals surface area contributed by atoms with E-state index in [1.54, 1.807) is 4.90 Å². The van der Waals surface area contributed by atoms with E-state index in [0.717, 1.165) is 0 Å². The van der Waals surface area contributed by atoms with Crippen molar-refractivity contribution in [2.24, 2.45) is 5.92 Å². The summed E-state index contributed by atoms with van der Waals surface area (Å²) in [6.07, 6.45) is 1.11. The summed E-state index contributed by atoms with van der Waals surface area (Å²) in [4.78, 5) is 28.8. The van der Waals surface area contributed by atoms with Crippen molar-refractivity contribution in [3.05, 3.63) is 35.4 Å². The zero-order valence-electron chi connectivity index (χ0n) is 16.7. The molecule has 0 aromatic heterocycles. The monoisotopic (exact) mass is 360 g/mol. The van der Waals surface area contributed by atoms with Crippen molar-refractivity contribution in [1.82, 2.24) is 9.80 Å². The highest BCUT2D eigenvalue weighted by atomic mass is 16.6. The highest BCUT2D eigenvalue weighted by Crippen LogP contribution is 2.23. The van der Waals surface area contributed by atoms with Gasteiger partial charge in [-0.15, -0.1) is 0 Å². The topological polar surface area (TPSA) is 49.9 Å². The van der Waals surface area contributed by atoms with Gasteiger partial charge < -0.3 is 14.5 Å². The molecule has 0 spiro atoms. The molecule has 0 bridgehead atoms. The van der Waals surface area contributed by atoms with Crippen molar-refractivity contribution in [1.29, 1.82) is 0 Å². The molecule has 1 aromatic rings. The molecule has 1 aliphatic rings. The number of benzene rings is 1. The molecule has 2 amide bonds. The van der Waals surface area contributed by atoms with E-state index in [1.807, 2.05) is 44.7 Å². The highest BCUT2D eigenvalue weighted by molar-refractivity contribution is 5.79. The van der Waals surface area contributed by atoms with Gasteiger partial charge in [0.1, 0.15) is 5.60 Å². The first-order chi connectivity index (χ1) is 12.2. The molecule has 1 aliphatic heterocycles. The Bertz CT molecular complexity index is 628. The fourth-order valence-corrected chi connectivity index (χ4v) is 3.23. The summed E-state index contributed by atoms with van der Waals surface area (Å²) in [6.45, 7) is 12.2. The van der Waals surface area contributed by atoms with Crippen LogP contribution in [-0.2, 0) is 16.1 Å². The average Bonchev–Trinajstić information content (AvgIpc) is 2.59. The number of ether oxygens (including phenoxy) is 1. The number of hydrogen-bond donors (Lipinski definition) is 0. The third-order valence-electron chi connectivity index (χ3n) is 4.81. The number of carbonyl (C=O) groups excluding carboxylic acids is 2. The van der Waals surface area contributed by atoms with E-state index in [9.17, 15) is 9.59 Å². The third kappa shape index (κ3) is 5.48. The average molecular weight is 360 g/mol. The predicted octanol–water partition coefficient (Wildman–Crippen LogP) is 3.99. The van der Waals surface area contributed by atoms with Crippen LogP contribution >= 0.6 is 0 Å². The normalized spacial score (nSPS) is 15.7. The van der Waals surface area contributed by atoms with Gasteiger partial charge in [-0.25, -0.2) is 4.79 Å². The number of carbonyl (C=O) groups is 2. The van der Waals surface area contributed by atoms with E-state index in [0.29, 0.717) is 39.0 Å². The highest BCUT2D eigenvalue weighted by Gasteiger charge is 2.31.